The third-order valence-electron chi connectivity index (χ3n) is 4.16. The van der Waals surface area contributed by atoms with Crippen molar-refractivity contribution in [1.29, 1.82) is 0 Å². The van der Waals surface area contributed by atoms with E-state index in [0.29, 0.717) is 6.54 Å². The van der Waals surface area contributed by atoms with Crippen molar-refractivity contribution in [1.82, 2.24) is 4.90 Å². The highest BCUT2D eigenvalue weighted by atomic mass is 16.5. The largest absolute Gasteiger partial charge is 0.493 e. The van der Waals surface area contributed by atoms with E-state index in [9.17, 15) is 0 Å². The molecule has 0 bridgehead atoms. The van der Waals surface area contributed by atoms with Gasteiger partial charge in [-0.05, 0) is 36.1 Å². The summed E-state index contributed by atoms with van der Waals surface area (Å²) >= 11 is 0. The molecule has 0 saturated carbocycles. The van der Waals surface area contributed by atoms with Crippen LogP contribution in [0.5, 0.6) is 11.5 Å². The van der Waals surface area contributed by atoms with Crippen molar-refractivity contribution in [3.05, 3.63) is 23.3 Å². The van der Waals surface area contributed by atoms with Crippen LogP contribution in [0.15, 0.2) is 12.1 Å². The number of benzene rings is 1. The van der Waals surface area contributed by atoms with E-state index in [4.69, 9.17) is 19.9 Å². The average Bonchev–Trinajstić information content (AvgIpc) is 2.54. The summed E-state index contributed by atoms with van der Waals surface area (Å²) in [6.45, 7) is 3.58. The standard InChI is InChI=1S/C16H26N2O3/c1-19-14(10-17)5-7-18-6-4-12-8-15(20-2)16(21-3)9-13(12)11-18/h8-9,14H,4-7,10-11,17H2,1-3H3. The molecule has 1 aromatic rings. The van der Waals surface area contributed by atoms with E-state index in [1.54, 1.807) is 21.3 Å². The first-order valence-corrected chi connectivity index (χ1v) is 7.40. The maximum Gasteiger partial charge on any atom is 0.161 e. The average molecular weight is 294 g/mol. The number of nitrogens with two attached hydrogens (primary N) is 1. The highest BCUT2D eigenvalue weighted by molar-refractivity contribution is 5.48. The summed E-state index contributed by atoms with van der Waals surface area (Å²) in [6.07, 6.45) is 2.16. The Morgan fingerprint density at radius 1 is 1.14 bits per heavy atom. The second kappa shape index (κ2) is 7.64. The Bertz CT molecular complexity index is 461. The summed E-state index contributed by atoms with van der Waals surface area (Å²) in [5, 5.41) is 0. The van der Waals surface area contributed by atoms with Gasteiger partial charge in [-0.15, -0.1) is 0 Å². The van der Waals surface area contributed by atoms with E-state index in [1.165, 1.54) is 11.1 Å². The Kier molecular flexibility index (Phi) is 5.85. The van der Waals surface area contributed by atoms with Crippen molar-refractivity contribution in [2.75, 3.05) is 41.0 Å². The predicted octanol–water partition coefficient (Wildman–Crippen LogP) is 1.43. The number of ether oxygens (including phenoxy) is 3. The number of fused-ring (bicyclic) bond motifs is 1. The minimum absolute atomic E-state index is 0.150. The molecular formula is C16H26N2O3. The molecule has 0 spiro atoms. The lowest BCUT2D eigenvalue weighted by atomic mass is 9.98. The van der Waals surface area contributed by atoms with Crippen molar-refractivity contribution in [2.45, 2.75) is 25.5 Å². The molecule has 0 saturated heterocycles. The van der Waals surface area contributed by atoms with Crippen LogP contribution in [-0.4, -0.2) is 52.0 Å². The highest BCUT2D eigenvalue weighted by Gasteiger charge is 2.20. The fraction of sp³-hybridized carbons (Fsp3) is 0.625. The highest BCUT2D eigenvalue weighted by Crippen LogP contribution is 2.33. The molecule has 2 N–H and O–H groups in total. The summed E-state index contributed by atoms with van der Waals surface area (Å²) in [6, 6.07) is 4.19. The molecule has 0 fully saturated rings. The van der Waals surface area contributed by atoms with Gasteiger partial charge in [-0.3, -0.25) is 4.90 Å². The van der Waals surface area contributed by atoms with E-state index in [-0.39, 0.29) is 6.10 Å². The van der Waals surface area contributed by atoms with Gasteiger partial charge >= 0.3 is 0 Å². The van der Waals surface area contributed by atoms with Crippen LogP contribution >= 0.6 is 0 Å². The van der Waals surface area contributed by atoms with Crippen molar-refractivity contribution in [3.8, 4) is 11.5 Å². The monoisotopic (exact) mass is 294 g/mol. The third-order valence-corrected chi connectivity index (χ3v) is 4.16. The predicted molar refractivity (Wildman–Crippen MR) is 83.0 cm³/mol. The van der Waals surface area contributed by atoms with Crippen molar-refractivity contribution in [2.24, 2.45) is 5.73 Å². The number of nitrogens with zero attached hydrogens (tertiary/aromatic N) is 1. The van der Waals surface area contributed by atoms with E-state index in [1.807, 2.05) is 0 Å². The molecule has 0 aliphatic carbocycles. The number of methoxy groups -OCH3 is 3. The van der Waals surface area contributed by atoms with Crippen molar-refractivity contribution < 1.29 is 14.2 Å². The maximum absolute atomic E-state index is 5.67. The van der Waals surface area contributed by atoms with Gasteiger partial charge in [0.15, 0.2) is 11.5 Å². The molecular weight excluding hydrogens is 268 g/mol. The minimum Gasteiger partial charge on any atom is -0.493 e. The van der Waals surface area contributed by atoms with Gasteiger partial charge in [-0.25, -0.2) is 0 Å². The van der Waals surface area contributed by atoms with Gasteiger partial charge in [-0.1, -0.05) is 0 Å². The lowest BCUT2D eigenvalue weighted by Gasteiger charge is -2.30. The van der Waals surface area contributed by atoms with Gasteiger partial charge in [0.1, 0.15) is 0 Å². The first-order chi connectivity index (χ1) is 10.2. The zero-order chi connectivity index (χ0) is 15.2. The lowest BCUT2D eigenvalue weighted by molar-refractivity contribution is 0.0874. The second-order valence-corrected chi connectivity index (χ2v) is 5.38. The van der Waals surface area contributed by atoms with Gasteiger partial charge in [0.25, 0.3) is 0 Å². The normalized spacial score (nSPS) is 16.4. The van der Waals surface area contributed by atoms with Crippen LogP contribution in [-0.2, 0) is 17.7 Å². The Balaban J connectivity index is 2.02. The summed E-state index contributed by atoms with van der Waals surface area (Å²) in [4.78, 5) is 2.44. The molecule has 1 aliphatic rings. The Morgan fingerprint density at radius 2 is 1.81 bits per heavy atom. The number of hydrogen-bond acceptors (Lipinski definition) is 5. The van der Waals surface area contributed by atoms with Gasteiger partial charge in [-0.2, -0.15) is 0 Å². The van der Waals surface area contributed by atoms with Crippen LogP contribution in [0.25, 0.3) is 0 Å². The number of rotatable bonds is 7. The van der Waals surface area contributed by atoms with Crippen LogP contribution in [0.1, 0.15) is 17.5 Å². The van der Waals surface area contributed by atoms with Crippen LogP contribution in [0.2, 0.25) is 0 Å². The second-order valence-electron chi connectivity index (χ2n) is 5.38. The smallest absolute Gasteiger partial charge is 0.161 e. The molecule has 118 valence electrons. The minimum atomic E-state index is 0.150. The van der Waals surface area contributed by atoms with Gasteiger partial charge in [0.05, 0.1) is 20.3 Å². The van der Waals surface area contributed by atoms with Gasteiger partial charge in [0, 0.05) is 33.3 Å². The van der Waals surface area contributed by atoms with Gasteiger partial charge < -0.3 is 19.9 Å². The Hall–Kier alpha value is -1.30. The summed E-state index contributed by atoms with van der Waals surface area (Å²) < 4.78 is 16.1. The van der Waals surface area contributed by atoms with Gasteiger partial charge in [0.2, 0.25) is 0 Å². The summed E-state index contributed by atoms with van der Waals surface area (Å²) in [5.74, 6) is 1.61. The summed E-state index contributed by atoms with van der Waals surface area (Å²) in [7, 11) is 5.08. The first kappa shape index (κ1) is 16.1. The first-order valence-electron chi connectivity index (χ1n) is 7.40. The molecule has 1 aromatic carbocycles. The zero-order valence-corrected chi connectivity index (χ0v) is 13.2. The van der Waals surface area contributed by atoms with E-state index >= 15 is 0 Å². The van der Waals surface area contributed by atoms with Crippen LogP contribution in [0, 0.1) is 0 Å². The topological polar surface area (TPSA) is 57.0 Å². The fourth-order valence-electron chi connectivity index (χ4n) is 2.79. The van der Waals surface area contributed by atoms with Crippen molar-refractivity contribution >= 4 is 0 Å². The van der Waals surface area contributed by atoms with Crippen LogP contribution < -0.4 is 15.2 Å². The van der Waals surface area contributed by atoms with E-state index < -0.39 is 0 Å². The molecule has 0 amide bonds. The van der Waals surface area contributed by atoms with Crippen LogP contribution in [0.4, 0.5) is 0 Å². The number of hydrogen-bond donors (Lipinski definition) is 1. The molecule has 5 heteroatoms. The molecule has 5 nitrogen and oxygen atoms in total. The maximum atomic E-state index is 5.67. The quantitative estimate of drug-likeness (QED) is 0.824. The molecule has 1 heterocycles. The Labute approximate surface area is 127 Å². The fourth-order valence-corrected chi connectivity index (χ4v) is 2.79. The van der Waals surface area contributed by atoms with Crippen LogP contribution in [0.3, 0.4) is 0 Å². The molecule has 21 heavy (non-hydrogen) atoms. The zero-order valence-electron chi connectivity index (χ0n) is 13.2. The molecule has 1 aliphatic heterocycles. The third kappa shape index (κ3) is 3.87. The SMILES string of the molecule is COc1cc2c(cc1OC)CN(CCC(CN)OC)CC2. The molecule has 0 radical (unpaired) electrons. The van der Waals surface area contributed by atoms with E-state index in [2.05, 4.69) is 17.0 Å². The Morgan fingerprint density at radius 3 is 2.38 bits per heavy atom. The molecule has 1 unspecified atom stereocenters. The molecule has 0 aromatic heterocycles. The lowest BCUT2D eigenvalue weighted by Crippen LogP contribution is -2.34. The molecule has 2 rings (SSSR count). The van der Waals surface area contributed by atoms with Crippen molar-refractivity contribution in [3.63, 3.8) is 0 Å². The van der Waals surface area contributed by atoms with E-state index in [0.717, 1.165) is 44.0 Å². The molecule has 1 atom stereocenters. The summed E-state index contributed by atoms with van der Waals surface area (Å²) in [5.41, 5.74) is 8.34.